The normalized spacial score (nSPS) is 11.9. The van der Waals surface area contributed by atoms with Crippen molar-refractivity contribution in [2.45, 2.75) is 0 Å². The number of imidazole rings is 1. The van der Waals surface area contributed by atoms with Gasteiger partial charge in [-0.15, -0.1) is 0 Å². The molecule has 5 aromatic heterocycles. The third-order valence-electron chi connectivity index (χ3n) is 11.8. The molecule has 0 aliphatic carbocycles. The summed E-state index contributed by atoms with van der Waals surface area (Å²) in [4.78, 5) is 33.8. The Bertz CT molecular complexity index is 3940. The zero-order valence-corrected chi connectivity index (χ0v) is 32.7. The van der Waals surface area contributed by atoms with E-state index in [1.807, 2.05) is 109 Å². The van der Waals surface area contributed by atoms with Crippen molar-refractivity contribution in [2.24, 2.45) is 0 Å². The summed E-state index contributed by atoms with van der Waals surface area (Å²) in [7, 11) is 0. The number of fused-ring (bicyclic) bond motifs is 10. The van der Waals surface area contributed by atoms with Crippen LogP contribution in [0, 0.1) is 0 Å². The van der Waals surface area contributed by atoms with Gasteiger partial charge in [0.1, 0.15) is 16.7 Å². The van der Waals surface area contributed by atoms with Crippen LogP contribution in [-0.2, 0) is 0 Å². The Hall–Kier alpha value is -8.69. The molecule has 13 rings (SSSR count). The second-order valence-electron chi connectivity index (χ2n) is 15.4. The van der Waals surface area contributed by atoms with E-state index < -0.39 is 0 Å². The van der Waals surface area contributed by atoms with E-state index in [0.717, 1.165) is 77.2 Å². The Morgan fingerprint density at radius 3 is 1.77 bits per heavy atom. The van der Waals surface area contributed by atoms with E-state index >= 15 is 0 Å². The van der Waals surface area contributed by atoms with E-state index in [1.165, 1.54) is 0 Å². The lowest BCUT2D eigenvalue weighted by molar-refractivity contribution is 0.616. The monoisotopic (exact) mass is 798 g/mol. The highest BCUT2D eigenvalue weighted by molar-refractivity contribution is 6.15. The zero-order valence-electron chi connectivity index (χ0n) is 32.7. The lowest BCUT2D eigenvalue weighted by atomic mass is 9.99. The van der Waals surface area contributed by atoms with Crippen LogP contribution >= 0.6 is 0 Å². The van der Waals surface area contributed by atoms with Crippen LogP contribution in [0.1, 0.15) is 0 Å². The zero-order chi connectivity index (χ0) is 40.9. The second-order valence-corrected chi connectivity index (χ2v) is 15.4. The number of furan rings is 1. The number of para-hydroxylation sites is 2. The molecule has 8 aromatic carbocycles. The van der Waals surface area contributed by atoms with Crippen molar-refractivity contribution in [3.8, 4) is 51.0 Å². The summed E-state index contributed by atoms with van der Waals surface area (Å²) in [6, 6.07) is 60.7. The number of aromatic nitrogens is 6. The fourth-order valence-corrected chi connectivity index (χ4v) is 8.94. The molecule has 0 bridgehead atoms. The molecule has 0 amide bonds. The average molecular weight is 799 g/mol. The lowest BCUT2D eigenvalue weighted by Crippen LogP contribution is -2.12. The van der Waals surface area contributed by atoms with Crippen molar-refractivity contribution >= 4 is 71.6 Å². The molecule has 0 spiro atoms. The van der Waals surface area contributed by atoms with Gasteiger partial charge in [0.25, 0.3) is 5.56 Å². The lowest BCUT2D eigenvalue weighted by Gasteiger charge is -2.09. The molecular formula is C53H30N6O3. The molecule has 0 saturated heterocycles. The summed E-state index contributed by atoms with van der Waals surface area (Å²) >= 11 is 0. The smallest absolute Gasteiger partial charge is 0.310 e. The fourth-order valence-electron chi connectivity index (χ4n) is 8.94. The van der Waals surface area contributed by atoms with Crippen LogP contribution in [0.4, 0.5) is 0 Å². The van der Waals surface area contributed by atoms with Crippen LogP contribution in [0.5, 0.6) is 0 Å². The van der Waals surface area contributed by atoms with E-state index in [-0.39, 0.29) is 11.4 Å². The summed E-state index contributed by atoms with van der Waals surface area (Å²) in [5, 5.41) is 4.45. The number of rotatable bonds is 5. The summed E-state index contributed by atoms with van der Waals surface area (Å²) in [5.74, 6) is 2.02. The molecule has 0 radical (unpaired) electrons. The van der Waals surface area contributed by atoms with Crippen LogP contribution < -0.4 is 5.56 Å². The molecule has 9 heteroatoms. The third-order valence-corrected chi connectivity index (χ3v) is 11.8. The largest absolute Gasteiger partial charge is 0.456 e. The van der Waals surface area contributed by atoms with Crippen LogP contribution in [0.15, 0.2) is 196 Å². The van der Waals surface area contributed by atoms with Crippen LogP contribution in [0.3, 0.4) is 0 Å². The summed E-state index contributed by atoms with van der Waals surface area (Å²) < 4.78 is 16.5. The van der Waals surface area contributed by atoms with Gasteiger partial charge in [0.05, 0.1) is 27.5 Å². The van der Waals surface area contributed by atoms with Gasteiger partial charge >= 0.3 is 5.84 Å². The predicted molar refractivity (Wildman–Crippen MR) is 245 cm³/mol. The van der Waals surface area contributed by atoms with Crippen LogP contribution in [-0.4, -0.2) is 28.9 Å². The maximum atomic E-state index is 13.9. The molecule has 13 aromatic rings. The van der Waals surface area contributed by atoms with Crippen LogP contribution in [0.2, 0.25) is 0 Å². The van der Waals surface area contributed by atoms with Crippen molar-refractivity contribution in [1.29, 1.82) is 0 Å². The Labute approximate surface area is 351 Å². The van der Waals surface area contributed by atoms with Crippen molar-refractivity contribution in [3.63, 3.8) is 0 Å². The van der Waals surface area contributed by atoms with Gasteiger partial charge in [0, 0.05) is 43.9 Å². The molecule has 290 valence electrons. The minimum absolute atomic E-state index is 0.164. The van der Waals surface area contributed by atoms with Gasteiger partial charge in [-0.1, -0.05) is 115 Å². The van der Waals surface area contributed by atoms with E-state index in [0.29, 0.717) is 39.5 Å². The molecule has 9 nitrogen and oxygen atoms in total. The summed E-state index contributed by atoms with van der Waals surface area (Å²) in [6.07, 6.45) is 0. The van der Waals surface area contributed by atoms with Gasteiger partial charge in [-0.25, -0.2) is 19.4 Å². The van der Waals surface area contributed by atoms with Crippen LogP contribution in [0.25, 0.3) is 123 Å². The first kappa shape index (κ1) is 34.2. The predicted octanol–water partition coefficient (Wildman–Crippen LogP) is 12.4. The molecule has 0 aliphatic heterocycles. The van der Waals surface area contributed by atoms with E-state index in [9.17, 15) is 4.79 Å². The first-order valence-corrected chi connectivity index (χ1v) is 20.3. The minimum Gasteiger partial charge on any atom is -0.456 e. The van der Waals surface area contributed by atoms with Crippen molar-refractivity contribution in [3.05, 3.63) is 192 Å². The van der Waals surface area contributed by atoms with Crippen molar-refractivity contribution < 1.29 is 8.83 Å². The maximum Gasteiger partial charge on any atom is 0.310 e. The fraction of sp³-hybridized carbons (Fsp3) is 0. The molecule has 62 heavy (non-hydrogen) atoms. The van der Waals surface area contributed by atoms with Gasteiger partial charge < -0.3 is 13.4 Å². The van der Waals surface area contributed by atoms with E-state index in [1.54, 1.807) is 16.5 Å². The van der Waals surface area contributed by atoms with Crippen molar-refractivity contribution in [2.75, 3.05) is 0 Å². The van der Waals surface area contributed by atoms with Crippen molar-refractivity contribution in [1.82, 2.24) is 28.9 Å². The number of nitrogens with zero attached hydrogens (tertiary/aromatic N) is 6. The van der Waals surface area contributed by atoms with Gasteiger partial charge in [-0.3, -0.25) is 4.79 Å². The van der Waals surface area contributed by atoms with Gasteiger partial charge in [0.15, 0.2) is 17.5 Å². The van der Waals surface area contributed by atoms with E-state index in [4.69, 9.17) is 28.8 Å². The molecule has 0 fully saturated rings. The first-order valence-electron chi connectivity index (χ1n) is 20.3. The standard InChI is InChI=1S/C53H30N6O3/c60-52-36-19-10-11-21-45(36)62-53-54-41-29-39-38-27-33(23-25-42(38)58(35-17-8-3-9-18-35)43(39)30-44(41)59(52)53)34-24-26-46-40(28-34)48-37(20-12-22-47(48)61-46)51-56-49(31-13-4-1-5-14-31)55-50(57-51)32-15-6-2-7-16-32/h1-30H. The summed E-state index contributed by atoms with van der Waals surface area (Å²) in [5.41, 5.74) is 10.9. The molecule has 0 atom stereocenters. The second kappa shape index (κ2) is 13.2. The topological polar surface area (TPSA) is 104 Å². The highest BCUT2D eigenvalue weighted by Gasteiger charge is 2.21. The highest BCUT2D eigenvalue weighted by atomic mass is 16.4. The minimum atomic E-state index is -0.164. The van der Waals surface area contributed by atoms with Gasteiger partial charge in [0.2, 0.25) is 0 Å². The molecule has 5 heterocycles. The third kappa shape index (κ3) is 5.18. The average Bonchev–Trinajstić information content (AvgIpc) is 4.00. The first-order chi connectivity index (χ1) is 30.6. The van der Waals surface area contributed by atoms with E-state index in [2.05, 4.69) is 65.2 Å². The number of benzene rings is 8. The summed E-state index contributed by atoms with van der Waals surface area (Å²) in [6.45, 7) is 0. The molecule has 0 N–H and O–H groups in total. The number of hydrogen-bond donors (Lipinski definition) is 0. The Balaban J connectivity index is 1.01. The quantitative estimate of drug-likeness (QED) is 0.171. The number of hydrogen-bond acceptors (Lipinski definition) is 7. The Kier molecular flexibility index (Phi) is 7.26. The molecular weight excluding hydrogens is 769 g/mol. The Morgan fingerprint density at radius 2 is 1.02 bits per heavy atom. The highest BCUT2D eigenvalue weighted by Crippen LogP contribution is 2.41. The Morgan fingerprint density at radius 1 is 0.403 bits per heavy atom. The maximum absolute atomic E-state index is 13.9. The molecule has 0 aliphatic rings. The molecule has 0 unspecified atom stereocenters. The SMILES string of the molecule is O=c1c2ccccc2oc2nc3cc4c5cc(-c6ccc7oc8cccc(-c9nc(-c%10ccccc%10)nc(-c%10ccccc%10)n9)c8c7c6)ccc5n(-c5ccccc5)c4cc3n12. The van der Waals surface area contributed by atoms with Gasteiger partial charge in [-0.2, -0.15) is 4.98 Å². The van der Waals surface area contributed by atoms with Gasteiger partial charge in [-0.05, 0) is 77.9 Å². The molecule has 0 saturated carbocycles.